The van der Waals surface area contributed by atoms with Crippen LogP contribution in [0.1, 0.15) is 6.92 Å². The van der Waals surface area contributed by atoms with Crippen LogP contribution >= 0.6 is 11.6 Å². The number of hydrogen-bond acceptors (Lipinski definition) is 4. The molecule has 0 atom stereocenters. The first-order valence-electron chi connectivity index (χ1n) is 8.22. The Hall–Kier alpha value is -2.57. The van der Waals surface area contributed by atoms with Gasteiger partial charge in [-0.25, -0.2) is 0 Å². The number of carbonyl (C=O) groups excluding carboxylic acids is 2. The third-order valence-electron chi connectivity index (χ3n) is 3.68. The summed E-state index contributed by atoms with van der Waals surface area (Å²) < 4.78 is 5.13. The first-order valence-corrected chi connectivity index (χ1v) is 8.60. The smallest absolute Gasteiger partial charge is 0.238 e. The molecule has 0 unspecified atom stereocenters. The number of anilines is 2. The van der Waals surface area contributed by atoms with Crippen LogP contribution in [0.3, 0.4) is 0 Å². The van der Waals surface area contributed by atoms with Crippen molar-refractivity contribution in [1.82, 2.24) is 4.90 Å². The van der Waals surface area contributed by atoms with Gasteiger partial charge < -0.3 is 15.4 Å². The molecule has 26 heavy (non-hydrogen) atoms. The average molecular weight is 376 g/mol. The van der Waals surface area contributed by atoms with E-state index < -0.39 is 0 Å². The summed E-state index contributed by atoms with van der Waals surface area (Å²) in [7, 11) is 1.57. The number of amides is 2. The number of ether oxygens (including phenoxy) is 1. The van der Waals surface area contributed by atoms with E-state index in [-0.39, 0.29) is 24.9 Å². The Morgan fingerprint density at radius 1 is 1.04 bits per heavy atom. The molecule has 2 amide bonds. The zero-order valence-corrected chi connectivity index (χ0v) is 15.5. The van der Waals surface area contributed by atoms with Crippen LogP contribution in [0.25, 0.3) is 0 Å². The lowest BCUT2D eigenvalue weighted by molar-refractivity contribution is -0.119. The molecule has 0 radical (unpaired) electrons. The number of halogens is 1. The van der Waals surface area contributed by atoms with Gasteiger partial charge in [-0.2, -0.15) is 0 Å². The van der Waals surface area contributed by atoms with Gasteiger partial charge in [0.15, 0.2) is 0 Å². The summed E-state index contributed by atoms with van der Waals surface area (Å²) in [4.78, 5) is 26.2. The summed E-state index contributed by atoms with van der Waals surface area (Å²) in [6, 6.07) is 14.1. The Kier molecular flexibility index (Phi) is 7.44. The zero-order chi connectivity index (χ0) is 18.9. The predicted molar refractivity (Wildman–Crippen MR) is 104 cm³/mol. The third kappa shape index (κ3) is 6.06. The van der Waals surface area contributed by atoms with Gasteiger partial charge in [0.2, 0.25) is 11.8 Å². The second kappa shape index (κ2) is 9.79. The number of likely N-dealkylation sites (N-methyl/N-ethyl adjacent to an activating group) is 1. The summed E-state index contributed by atoms with van der Waals surface area (Å²) in [5.41, 5.74) is 1.20. The summed E-state index contributed by atoms with van der Waals surface area (Å²) >= 11 is 6.04. The fourth-order valence-electron chi connectivity index (χ4n) is 2.34. The number of rotatable bonds is 8. The molecule has 0 aliphatic heterocycles. The van der Waals surface area contributed by atoms with Crippen LogP contribution in [0.15, 0.2) is 48.5 Å². The molecule has 0 aliphatic rings. The van der Waals surface area contributed by atoms with E-state index in [1.165, 1.54) is 0 Å². The SMILES string of the molecule is CCN(CC(=O)Nc1cccc(OC)c1)CC(=O)Nc1ccccc1Cl. The standard InChI is InChI=1S/C19H22ClN3O3/c1-3-23(13-19(25)22-17-10-5-4-9-16(17)20)12-18(24)21-14-7-6-8-15(11-14)26-2/h4-11H,3,12-13H2,1-2H3,(H,21,24)(H,22,25). The van der Waals surface area contributed by atoms with Crippen LogP contribution in [0.2, 0.25) is 5.02 Å². The maximum atomic E-state index is 12.2. The normalized spacial score (nSPS) is 10.5. The lowest BCUT2D eigenvalue weighted by Crippen LogP contribution is -2.38. The molecule has 2 N–H and O–H groups in total. The Balaban J connectivity index is 1.88. The van der Waals surface area contributed by atoms with E-state index in [9.17, 15) is 9.59 Å². The lowest BCUT2D eigenvalue weighted by atomic mass is 10.3. The van der Waals surface area contributed by atoms with Crippen LogP contribution in [-0.4, -0.2) is 43.5 Å². The minimum absolute atomic E-state index is 0.0905. The second-order valence-electron chi connectivity index (χ2n) is 5.61. The van der Waals surface area contributed by atoms with Gasteiger partial charge >= 0.3 is 0 Å². The minimum Gasteiger partial charge on any atom is -0.497 e. The number of benzene rings is 2. The minimum atomic E-state index is -0.228. The molecule has 0 aliphatic carbocycles. The summed E-state index contributed by atoms with van der Waals surface area (Å²) in [5.74, 6) is 0.231. The van der Waals surface area contributed by atoms with Crippen molar-refractivity contribution < 1.29 is 14.3 Å². The maximum absolute atomic E-state index is 12.2. The van der Waals surface area contributed by atoms with E-state index in [0.717, 1.165) is 0 Å². The van der Waals surface area contributed by atoms with E-state index in [1.54, 1.807) is 60.5 Å². The molecule has 0 saturated heterocycles. The third-order valence-corrected chi connectivity index (χ3v) is 4.01. The first-order chi connectivity index (χ1) is 12.5. The first kappa shape index (κ1) is 19.8. The Morgan fingerprint density at radius 3 is 2.38 bits per heavy atom. The second-order valence-corrected chi connectivity index (χ2v) is 6.02. The molecule has 0 bridgehead atoms. The highest BCUT2D eigenvalue weighted by Gasteiger charge is 2.14. The molecule has 2 rings (SSSR count). The summed E-state index contributed by atoms with van der Waals surface area (Å²) in [6.45, 7) is 2.64. The van der Waals surface area contributed by atoms with Crippen molar-refractivity contribution >= 4 is 34.8 Å². The van der Waals surface area contributed by atoms with E-state index in [2.05, 4.69) is 10.6 Å². The highest BCUT2D eigenvalue weighted by molar-refractivity contribution is 6.33. The lowest BCUT2D eigenvalue weighted by Gasteiger charge is -2.19. The molecule has 0 saturated carbocycles. The Bertz CT molecular complexity index is 767. The highest BCUT2D eigenvalue weighted by Crippen LogP contribution is 2.20. The molecule has 0 fully saturated rings. The molecular weight excluding hydrogens is 354 g/mol. The van der Waals surface area contributed by atoms with Crippen LogP contribution in [0.5, 0.6) is 5.75 Å². The largest absolute Gasteiger partial charge is 0.497 e. The molecular formula is C19H22ClN3O3. The zero-order valence-electron chi connectivity index (χ0n) is 14.8. The van der Waals surface area contributed by atoms with Gasteiger partial charge in [-0.05, 0) is 30.8 Å². The van der Waals surface area contributed by atoms with Crippen LogP contribution in [0.4, 0.5) is 11.4 Å². The van der Waals surface area contributed by atoms with Crippen molar-refractivity contribution in [3.8, 4) is 5.75 Å². The monoisotopic (exact) mass is 375 g/mol. The maximum Gasteiger partial charge on any atom is 0.238 e. The number of nitrogens with zero attached hydrogens (tertiary/aromatic N) is 1. The molecule has 2 aromatic rings. The summed E-state index contributed by atoms with van der Waals surface area (Å²) in [5, 5.41) is 6.02. The molecule has 0 heterocycles. The molecule has 138 valence electrons. The van der Waals surface area contributed by atoms with Gasteiger partial charge in [0.1, 0.15) is 5.75 Å². The molecule has 0 aromatic heterocycles. The van der Waals surface area contributed by atoms with Gasteiger partial charge in [0.25, 0.3) is 0 Å². The quantitative estimate of drug-likeness (QED) is 0.743. The van der Waals surface area contributed by atoms with Crippen LogP contribution in [0, 0.1) is 0 Å². The molecule has 6 nitrogen and oxygen atoms in total. The van der Waals surface area contributed by atoms with Gasteiger partial charge in [-0.3, -0.25) is 14.5 Å². The van der Waals surface area contributed by atoms with Gasteiger partial charge in [0, 0.05) is 11.8 Å². The van der Waals surface area contributed by atoms with Crippen molar-refractivity contribution in [2.45, 2.75) is 6.92 Å². The number of hydrogen-bond donors (Lipinski definition) is 2. The van der Waals surface area contributed by atoms with Crippen molar-refractivity contribution in [1.29, 1.82) is 0 Å². The number of carbonyl (C=O) groups is 2. The van der Waals surface area contributed by atoms with Crippen molar-refractivity contribution in [2.24, 2.45) is 0 Å². The van der Waals surface area contributed by atoms with Crippen molar-refractivity contribution in [2.75, 3.05) is 37.4 Å². The van der Waals surface area contributed by atoms with E-state index in [1.807, 2.05) is 6.92 Å². The van der Waals surface area contributed by atoms with E-state index in [4.69, 9.17) is 16.3 Å². The predicted octanol–water partition coefficient (Wildman–Crippen LogP) is 3.25. The number of nitrogens with one attached hydrogen (secondary N) is 2. The topological polar surface area (TPSA) is 70.7 Å². The fraction of sp³-hybridized carbons (Fsp3) is 0.263. The van der Waals surface area contributed by atoms with Gasteiger partial charge in [0.05, 0.1) is 30.9 Å². The van der Waals surface area contributed by atoms with Gasteiger partial charge in [-0.1, -0.05) is 36.7 Å². The summed E-state index contributed by atoms with van der Waals surface area (Å²) in [6.07, 6.45) is 0. The Labute approximate surface area is 158 Å². The van der Waals surface area contributed by atoms with E-state index >= 15 is 0 Å². The Morgan fingerprint density at radius 2 is 1.73 bits per heavy atom. The average Bonchev–Trinajstić information content (AvgIpc) is 2.63. The van der Waals surface area contributed by atoms with Gasteiger partial charge in [-0.15, -0.1) is 0 Å². The number of para-hydroxylation sites is 1. The van der Waals surface area contributed by atoms with E-state index in [0.29, 0.717) is 28.7 Å². The van der Waals surface area contributed by atoms with Crippen molar-refractivity contribution in [3.05, 3.63) is 53.6 Å². The van der Waals surface area contributed by atoms with Crippen molar-refractivity contribution in [3.63, 3.8) is 0 Å². The fourth-order valence-corrected chi connectivity index (χ4v) is 2.52. The highest BCUT2D eigenvalue weighted by atomic mass is 35.5. The number of methoxy groups -OCH3 is 1. The molecule has 0 spiro atoms. The molecule has 7 heteroatoms. The molecule has 2 aromatic carbocycles. The van der Waals surface area contributed by atoms with Crippen LogP contribution in [-0.2, 0) is 9.59 Å². The van der Waals surface area contributed by atoms with Crippen LogP contribution < -0.4 is 15.4 Å².